The van der Waals surface area contributed by atoms with Gasteiger partial charge in [-0.15, -0.1) is 11.3 Å². The van der Waals surface area contributed by atoms with Gasteiger partial charge in [0.1, 0.15) is 0 Å². The van der Waals surface area contributed by atoms with Crippen LogP contribution in [0.3, 0.4) is 0 Å². The number of halogens is 2. The second-order valence-electron chi connectivity index (χ2n) is 4.12. The van der Waals surface area contributed by atoms with E-state index in [4.69, 9.17) is 17.4 Å². The summed E-state index contributed by atoms with van der Waals surface area (Å²) < 4.78 is 1.13. The van der Waals surface area contributed by atoms with Gasteiger partial charge in [-0.1, -0.05) is 17.7 Å². The number of hydrogen-bond donors (Lipinski definition) is 2. The van der Waals surface area contributed by atoms with Crippen molar-refractivity contribution in [2.24, 2.45) is 5.84 Å². The summed E-state index contributed by atoms with van der Waals surface area (Å²) in [4.78, 5) is 1.28. The largest absolute Gasteiger partial charge is 0.271 e. The number of hydrazine groups is 1. The molecular formula is C13H14BrClN2S. The summed E-state index contributed by atoms with van der Waals surface area (Å²) >= 11 is 11.3. The van der Waals surface area contributed by atoms with Crippen molar-refractivity contribution in [3.05, 3.63) is 55.1 Å². The third-order valence-electron chi connectivity index (χ3n) is 2.90. The molecule has 1 heterocycles. The molecule has 0 fully saturated rings. The lowest BCUT2D eigenvalue weighted by Crippen LogP contribution is -2.30. The lowest BCUT2D eigenvalue weighted by atomic mass is 9.99. The second kappa shape index (κ2) is 6.17. The molecule has 2 aromatic rings. The van der Waals surface area contributed by atoms with Gasteiger partial charge in [-0.2, -0.15) is 0 Å². The Morgan fingerprint density at radius 2 is 2.22 bits per heavy atom. The molecular weight excluding hydrogens is 332 g/mol. The highest BCUT2D eigenvalue weighted by molar-refractivity contribution is 9.10. The molecule has 0 aliphatic rings. The third-order valence-corrected chi connectivity index (χ3v) is 5.08. The van der Waals surface area contributed by atoms with E-state index >= 15 is 0 Å². The molecule has 2 rings (SSSR count). The number of nitrogens with one attached hydrogen (secondary N) is 1. The Kier molecular flexibility index (Phi) is 4.81. The molecule has 0 amide bonds. The zero-order chi connectivity index (χ0) is 13.1. The summed E-state index contributed by atoms with van der Waals surface area (Å²) in [7, 11) is 0. The van der Waals surface area contributed by atoms with E-state index < -0.39 is 0 Å². The van der Waals surface area contributed by atoms with Crippen LogP contribution in [0.25, 0.3) is 0 Å². The van der Waals surface area contributed by atoms with E-state index in [1.54, 1.807) is 11.3 Å². The molecule has 1 aromatic carbocycles. The maximum atomic E-state index is 6.06. The Morgan fingerprint density at radius 3 is 2.83 bits per heavy atom. The molecule has 0 spiro atoms. The minimum absolute atomic E-state index is 0.0682. The summed E-state index contributed by atoms with van der Waals surface area (Å²) in [5.41, 5.74) is 5.21. The molecule has 1 atom stereocenters. The Labute approximate surface area is 124 Å². The van der Waals surface area contributed by atoms with E-state index in [1.165, 1.54) is 10.4 Å². The summed E-state index contributed by atoms with van der Waals surface area (Å²) in [5.74, 6) is 5.69. The van der Waals surface area contributed by atoms with Gasteiger partial charge >= 0.3 is 0 Å². The number of thiophene rings is 1. The summed E-state index contributed by atoms with van der Waals surface area (Å²) in [5, 5.41) is 2.80. The van der Waals surface area contributed by atoms with Crippen LogP contribution < -0.4 is 11.3 Å². The van der Waals surface area contributed by atoms with E-state index in [1.807, 2.05) is 18.2 Å². The summed E-state index contributed by atoms with van der Waals surface area (Å²) in [6.45, 7) is 2.07. The molecule has 0 bridgehead atoms. The van der Waals surface area contributed by atoms with E-state index in [-0.39, 0.29) is 6.04 Å². The van der Waals surface area contributed by atoms with Gasteiger partial charge in [0, 0.05) is 20.8 Å². The number of benzene rings is 1. The lowest BCUT2D eigenvalue weighted by Gasteiger charge is -2.18. The fraction of sp³-hybridized carbons (Fsp3) is 0.231. The number of hydrogen-bond acceptors (Lipinski definition) is 3. The molecule has 2 nitrogen and oxygen atoms in total. The van der Waals surface area contributed by atoms with Crippen LogP contribution in [0.1, 0.15) is 22.0 Å². The monoisotopic (exact) mass is 344 g/mol. The molecule has 0 saturated carbocycles. The maximum Gasteiger partial charge on any atom is 0.0511 e. The lowest BCUT2D eigenvalue weighted by molar-refractivity contribution is 0.552. The highest BCUT2D eigenvalue weighted by Crippen LogP contribution is 2.30. The van der Waals surface area contributed by atoms with Crippen LogP contribution in [0.4, 0.5) is 0 Å². The first-order valence-corrected chi connectivity index (χ1v) is 7.61. The van der Waals surface area contributed by atoms with Crippen LogP contribution in [0.15, 0.2) is 34.1 Å². The minimum Gasteiger partial charge on any atom is -0.271 e. The first kappa shape index (κ1) is 14.0. The van der Waals surface area contributed by atoms with Gasteiger partial charge in [0.25, 0.3) is 0 Å². The average Bonchev–Trinajstić information content (AvgIpc) is 2.75. The van der Waals surface area contributed by atoms with Gasteiger partial charge in [-0.05, 0) is 57.6 Å². The number of nitrogens with two attached hydrogens (primary N) is 1. The Hall–Kier alpha value is -0.390. The van der Waals surface area contributed by atoms with Gasteiger partial charge in [0.2, 0.25) is 0 Å². The van der Waals surface area contributed by atoms with Crippen LogP contribution in [0.5, 0.6) is 0 Å². The van der Waals surface area contributed by atoms with Crippen molar-refractivity contribution in [3.8, 4) is 0 Å². The van der Waals surface area contributed by atoms with Crippen molar-refractivity contribution in [1.82, 2.24) is 5.43 Å². The quantitative estimate of drug-likeness (QED) is 0.643. The molecule has 0 radical (unpaired) electrons. The van der Waals surface area contributed by atoms with Crippen molar-refractivity contribution in [1.29, 1.82) is 0 Å². The molecule has 96 valence electrons. The van der Waals surface area contributed by atoms with Crippen LogP contribution >= 0.6 is 38.9 Å². The topological polar surface area (TPSA) is 38.0 Å². The fourth-order valence-corrected chi connectivity index (χ4v) is 3.64. The van der Waals surface area contributed by atoms with Gasteiger partial charge in [0.15, 0.2) is 0 Å². The predicted octanol–water partition coefficient (Wildman–Crippen LogP) is 4.22. The van der Waals surface area contributed by atoms with E-state index in [9.17, 15) is 0 Å². The zero-order valence-corrected chi connectivity index (χ0v) is 13.1. The molecule has 1 aromatic heterocycles. The standard InChI is InChI=1S/C13H14BrClN2S/c1-8-2-3-9(15)6-10(8)12(17-16)7-13-11(14)4-5-18-13/h2-6,12,17H,7,16H2,1H3. The van der Waals surface area contributed by atoms with Crippen LogP contribution in [0.2, 0.25) is 5.02 Å². The molecule has 0 aliphatic carbocycles. The van der Waals surface area contributed by atoms with Crippen molar-refractivity contribution >= 4 is 38.9 Å². The summed E-state index contributed by atoms with van der Waals surface area (Å²) in [6.07, 6.45) is 0.843. The normalized spacial score (nSPS) is 12.7. The number of rotatable bonds is 4. The van der Waals surface area contributed by atoms with Crippen LogP contribution in [-0.2, 0) is 6.42 Å². The average molecular weight is 346 g/mol. The van der Waals surface area contributed by atoms with Gasteiger partial charge < -0.3 is 0 Å². The smallest absolute Gasteiger partial charge is 0.0511 e. The first-order chi connectivity index (χ1) is 8.61. The molecule has 18 heavy (non-hydrogen) atoms. The van der Waals surface area contributed by atoms with Crippen LogP contribution in [0, 0.1) is 6.92 Å². The second-order valence-corrected chi connectivity index (χ2v) is 6.41. The van der Waals surface area contributed by atoms with Crippen molar-refractivity contribution in [2.75, 3.05) is 0 Å². The Morgan fingerprint density at radius 1 is 1.44 bits per heavy atom. The van der Waals surface area contributed by atoms with Gasteiger partial charge in [0.05, 0.1) is 6.04 Å². The van der Waals surface area contributed by atoms with E-state index in [0.29, 0.717) is 0 Å². The van der Waals surface area contributed by atoms with Crippen molar-refractivity contribution in [3.63, 3.8) is 0 Å². The zero-order valence-electron chi connectivity index (χ0n) is 9.91. The molecule has 3 N–H and O–H groups in total. The predicted molar refractivity (Wildman–Crippen MR) is 82.0 cm³/mol. The number of aryl methyl sites for hydroxylation is 1. The fourth-order valence-electron chi connectivity index (χ4n) is 1.90. The minimum atomic E-state index is 0.0682. The maximum absolute atomic E-state index is 6.06. The first-order valence-electron chi connectivity index (χ1n) is 5.56. The van der Waals surface area contributed by atoms with E-state index in [2.05, 4.69) is 39.7 Å². The summed E-state index contributed by atoms with van der Waals surface area (Å²) in [6, 6.07) is 8.01. The molecule has 0 saturated heterocycles. The van der Waals surface area contributed by atoms with E-state index in [0.717, 1.165) is 21.5 Å². The third kappa shape index (κ3) is 3.13. The molecule has 1 unspecified atom stereocenters. The van der Waals surface area contributed by atoms with Gasteiger partial charge in [-0.3, -0.25) is 11.3 Å². The SMILES string of the molecule is Cc1ccc(Cl)cc1C(Cc1sccc1Br)NN. The molecule has 5 heteroatoms. The Bertz CT molecular complexity index is 542. The Balaban J connectivity index is 2.28. The van der Waals surface area contributed by atoms with Crippen molar-refractivity contribution in [2.45, 2.75) is 19.4 Å². The van der Waals surface area contributed by atoms with Gasteiger partial charge in [-0.25, -0.2) is 0 Å². The highest BCUT2D eigenvalue weighted by atomic mass is 79.9. The van der Waals surface area contributed by atoms with Crippen molar-refractivity contribution < 1.29 is 0 Å². The molecule has 0 aliphatic heterocycles. The van der Waals surface area contributed by atoms with Crippen LogP contribution in [-0.4, -0.2) is 0 Å². The highest BCUT2D eigenvalue weighted by Gasteiger charge is 2.15.